The van der Waals surface area contributed by atoms with Gasteiger partial charge in [0.2, 0.25) is 0 Å². The molecule has 0 aromatic rings. The molecule has 2 atom stereocenters. The molecule has 0 spiro atoms. The van der Waals surface area contributed by atoms with E-state index in [1.165, 1.54) is 4.90 Å². The zero-order valence-corrected chi connectivity index (χ0v) is 12.6. The summed E-state index contributed by atoms with van der Waals surface area (Å²) in [6, 6.07) is -0.986. The molecule has 1 fully saturated rings. The first-order valence-electron chi connectivity index (χ1n) is 7.31. The van der Waals surface area contributed by atoms with E-state index in [1.54, 1.807) is 4.90 Å². The number of piperidine rings is 1. The highest BCUT2D eigenvalue weighted by Gasteiger charge is 2.39. The molecule has 6 nitrogen and oxygen atoms in total. The van der Waals surface area contributed by atoms with Crippen LogP contribution in [0.5, 0.6) is 0 Å². The molecule has 0 aliphatic carbocycles. The summed E-state index contributed by atoms with van der Waals surface area (Å²) in [6.45, 7) is 6.64. The number of hydrogen-bond donors (Lipinski definition) is 2. The number of aliphatic hydroxyl groups is 1. The second kappa shape index (κ2) is 7.47. The van der Waals surface area contributed by atoms with E-state index in [0.717, 1.165) is 12.8 Å². The number of urea groups is 1. The first-order valence-corrected chi connectivity index (χ1v) is 7.31. The van der Waals surface area contributed by atoms with Crippen LogP contribution in [0.15, 0.2) is 0 Å². The van der Waals surface area contributed by atoms with Crippen molar-refractivity contribution in [2.24, 2.45) is 5.92 Å². The van der Waals surface area contributed by atoms with Gasteiger partial charge in [-0.3, -0.25) is 0 Å². The van der Waals surface area contributed by atoms with Gasteiger partial charge in [-0.25, -0.2) is 9.59 Å². The maximum absolute atomic E-state index is 12.6. The van der Waals surface area contributed by atoms with Crippen molar-refractivity contribution in [2.45, 2.75) is 52.1 Å². The molecule has 116 valence electrons. The van der Waals surface area contributed by atoms with Crippen molar-refractivity contribution in [3.8, 4) is 0 Å². The third kappa shape index (κ3) is 3.85. The molecule has 6 heteroatoms. The maximum Gasteiger partial charge on any atom is 0.326 e. The van der Waals surface area contributed by atoms with Crippen molar-refractivity contribution < 1.29 is 19.8 Å². The third-order valence-corrected chi connectivity index (χ3v) is 3.86. The Morgan fingerprint density at radius 1 is 1.40 bits per heavy atom. The smallest absolute Gasteiger partial charge is 0.326 e. The van der Waals surface area contributed by atoms with Crippen molar-refractivity contribution in [1.82, 2.24) is 9.80 Å². The molecular weight excluding hydrogens is 260 g/mol. The number of nitrogens with zero attached hydrogens (tertiary/aromatic N) is 2. The van der Waals surface area contributed by atoms with E-state index < -0.39 is 12.0 Å². The Bertz CT molecular complexity index is 346. The van der Waals surface area contributed by atoms with Gasteiger partial charge in [0.25, 0.3) is 0 Å². The van der Waals surface area contributed by atoms with Crippen molar-refractivity contribution in [2.75, 3.05) is 19.7 Å². The summed E-state index contributed by atoms with van der Waals surface area (Å²) in [4.78, 5) is 27.2. The summed E-state index contributed by atoms with van der Waals surface area (Å²) in [5.41, 5.74) is 0. The fourth-order valence-corrected chi connectivity index (χ4v) is 2.76. The minimum absolute atomic E-state index is 0.0132. The van der Waals surface area contributed by atoms with Crippen LogP contribution in [-0.2, 0) is 4.79 Å². The number of carbonyl (C=O) groups excluding carboxylic acids is 1. The molecule has 0 bridgehead atoms. The van der Waals surface area contributed by atoms with Gasteiger partial charge >= 0.3 is 12.0 Å². The lowest BCUT2D eigenvalue weighted by Crippen LogP contribution is -2.57. The molecular formula is C14H26N2O4. The van der Waals surface area contributed by atoms with E-state index in [0.29, 0.717) is 19.5 Å². The topological polar surface area (TPSA) is 81.1 Å². The van der Waals surface area contributed by atoms with Gasteiger partial charge in [0.05, 0.1) is 0 Å². The molecule has 1 rings (SSSR count). The van der Waals surface area contributed by atoms with Gasteiger partial charge in [-0.15, -0.1) is 0 Å². The van der Waals surface area contributed by atoms with E-state index in [4.69, 9.17) is 5.11 Å². The van der Waals surface area contributed by atoms with Crippen LogP contribution >= 0.6 is 0 Å². The zero-order chi connectivity index (χ0) is 15.3. The highest BCUT2D eigenvalue weighted by Crippen LogP contribution is 2.25. The van der Waals surface area contributed by atoms with E-state index in [9.17, 15) is 14.7 Å². The number of amides is 2. The normalized spacial score (nSPS) is 22.9. The van der Waals surface area contributed by atoms with Gasteiger partial charge in [-0.2, -0.15) is 0 Å². The number of carboxylic acids is 1. The fourth-order valence-electron chi connectivity index (χ4n) is 2.76. The molecule has 2 amide bonds. The fraction of sp³-hybridized carbons (Fsp3) is 0.857. The highest BCUT2D eigenvalue weighted by atomic mass is 16.4. The molecule has 2 unspecified atom stereocenters. The summed E-state index contributed by atoms with van der Waals surface area (Å²) in [5, 5.41) is 18.3. The van der Waals surface area contributed by atoms with Crippen LogP contribution in [-0.4, -0.2) is 63.8 Å². The highest BCUT2D eigenvalue weighted by molar-refractivity contribution is 5.83. The first kappa shape index (κ1) is 16.8. The SMILES string of the molecule is CC1CCCN(C(=O)N(CCCO)C(C)C)C1C(=O)O. The van der Waals surface area contributed by atoms with E-state index >= 15 is 0 Å². The van der Waals surface area contributed by atoms with Crippen molar-refractivity contribution in [1.29, 1.82) is 0 Å². The van der Waals surface area contributed by atoms with Crippen LogP contribution < -0.4 is 0 Å². The van der Waals surface area contributed by atoms with Gasteiger partial charge < -0.3 is 20.0 Å². The molecule has 1 heterocycles. The molecule has 1 aliphatic heterocycles. The second-order valence-electron chi connectivity index (χ2n) is 5.74. The van der Waals surface area contributed by atoms with Gasteiger partial charge in [-0.05, 0) is 39.0 Å². The van der Waals surface area contributed by atoms with Crippen LogP contribution in [0.4, 0.5) is 4.79 Å². The van der Waals surface area contributed by atoms with Crippen molar-refractivity contribution in [3.63, 3.8) is 0 Å². The van der Waals surface area contributed by atoms with E-state index in [-0.39, 0.29) is 24.6 Å². The minimum Gasteiger partial charge on any atom is -0.480 e. The third-order valence-electron chi connectivity index (χ3n) is 3.86. The largest absolute Gasteiger partial charge is 0.480 e. The number of aliphatic carboxylic acids is 1. The lowest BCUT2D eigenvalue weighted by atomic mass is 9.91. The molecule has 2 N–H and O–H groups in total. The van der Waals surface area contributed by atoms with Gasteiger partial charge in [-0.1, -0.05) is 6.92 Å². The summed E-state index contributed by atoms with van der Waals surface area (Å²) >= 11 is 0. The molecule has 0 aromatic heterocycles. The lowest BCUT2D eigenvalue weighted by Gasteiger charge is -2.41. The first-order chi connectivity index (χ1) is 9.40. The molecule has 0 saturated carbocycles. The van der Waals surface area contributed by atoms with Gasteiger partial charge in [0.1, 0.15) is 6.04 Å². The summed E-state index contributed by atoms with van der Waals surface area (Å²) in [5.74, 6) is -0.964. The standard InChI is InChI=1S/C14H26N2O4/c1-10(2)15(8-5-9-17)14(20)16-7-4-6-11(3)12(16)13(18)19/h10-12,17H,4-9H2,1-3H3,(H,18,19). The lowest BCUT2D eigenvalue weighted by molar-refractivity contribution is -0.145. The molecule has 0 radical (unpaired) electrons. The Morgan fingerprint density at radius 3 is 2.55 bits per heavy atom. The Hall–Kier alpha value is -1.30. The minimum atomic E-state index is -0.934. The maximum atomic E-state index is 12.6. The monoisotopic (exact) mass is 286 g/mol. The average Bonchev–Trinajstić information content (AvgIpc) is 2.37. The van der Waals surface area contributed by atoms with Crippen molar-refractivity contribution in [3.05, 3.63) is 0 Å². The van der Waals surface area contributed by atoms with Crippen LogP contribution in [0.25, 0.3) is 0 Å². The Labute approximate surface area is 120 Å². The van der Waals surface area contributed by atoms with E-state index in [1.807, 2.05) is 20.8 Å². The number of carbonyl (C=O) groups is 2. The Morgan fingerprint density at radius 2 is 2.05 bits per heavy atom. The predicted molar refractivity (Wildman–Crippen MR) is 75.5 cm³/mol. The van der Waals surface area contributed by atoms with Crippen LogP contribution in [0.3, 0.4) is 0 Å². The quantitative estimate of drug-likeness (QED) is 0.800. The van der Waals surface area contributed by atoms with E-state index in [2.05, 4.69) is 0 Å². The Kier molecular flexibility index (Phi) is 6.26. The predicted octanol–water partition coefficient (Wildman–Crippen LogP) is 1.38. The summed E-state index contributed by atoms with van der Waals surface area (Å²) < 4.78 is 0. The van der Waals surface area contributed by atoms with Crippen LogP contribution in [0.1, 0.15) is 40.0 Å². The molecule has 1 aliphatic rings. The number of carboxylic acid groups (broad SMARTS) is 1. The summed E-state index contributed by atoms with van der Waals surface area (Å²) in [6.07, 6.45) is 2.17. The number of rotatable bonds is 5. The number of hydrogen-bond acceptors (Lipinski definition) is 3. The van der Waals surface area contributed by atoms with Gasteiger partial charge in [0, 0.05) is 25.7 Å². The van der Waals surface area contributed by atoms with Gasteiger partial charge in [0.15, 0.2) is 0 Å². The molecule has 0 aromatic carbocycles. The van der Waals surface area contributed by atoms with Crippen molar-refractivity contribution >= 4 is 12.0 Å². The van der Waals surface area contributed by atoms with Crippen LogP contribution in [0.2, 0.25) is 0 Å². The second-order valence-corrected chi connectivity index (χ2v) is 5.74. The number of aliphatic hydroxyl groups excluding tert-OH is 1. The average molecular weight is 286 g/mol. The Balaban J connectivity index is 2.87. The van der Waals surface area contributed by atoms with Crippen LogP contribution in [0, 0.1) is 5.92 Å². The zero-order valence-electron chi connectivity index (χ0n) is 12.6. The molecule has 1 saturated heterocycles. The summed E-state index contributed by atoms with van der Waals surface area (Å²) in [7, 11) is 0. The number of likely N-dealkylation sites (tertiary alicyclic amines) is 1. The molecule has 20 heavy (non-hydrogen) atoms.